The van der Waals surface area contributed by atoms with E-state index in [0.29, 0.717) is 24.2 Å². The predicted molar refractivity (Wildman–Crippen MR) is 108 cm³/mol. The van der Waals surface area contributed by atoms with Gasteiger partial charge in [0, 0.05) is 30.7 Å². The fourth-order valence-electron chi connectivity index (χ4n) is 4.70. The van der Waals surface area contributed by atoms with Crippen molar-refractivity contribution in [3.8, 4) is 22.6 Å². The number of halogens is 3. The van der Waals surface area contributed by atoms with Gasteiger partial charge in [0.25, 0.3) is 5.91 Å². The van der Waals surface area contributed by atoms with Crippen LogP contribution < -0.4 is 15.2 Å². The van der Waals surface area contributed by atoms with Crippen LogP contribution in [0, 0.1) is 11.7 Å². The van der Waals surface area contributed by atoms with Gasteiger partial charge in [0.05, 0.1) is 19.1 Å². The molecular weight excluding hydrogens is 427 g/mol. The predicted octanol–water partition coefficient (Wildman–Crippen LogP) is 2.87. The Hall–Kier alpha value is -3.27. The van der Waals surface area contributed by atoms with Crippen molar-refractivity contribution < 1.29 is 32.2 Å². The number of ether oxygens (including phenoxy) is 3. The van der Waals surface area contributed by atoms with Crippen LogP contribution in [0.4, 0.5) is 13.2 Å². The Labute approximate surface area is 181 Å². The third-order valence-corrected chi connectivity index (χ3v) is 6.22. The number of likely N-dealkylation sites (N-methyl/N-ethyl adjacent to an activating group) is 1. The molecule has 1 spiro atoms. The van der Waals surface area contributed by atoms with Gasteiger partial charge < -0.3 is 19.9 Å². The van der Waals surface area contributed by atoms with E-state index in [2.05, 4.69) is 9.73 Å². The van der Waals surface area contributed by atoms with E-state index in [4.69, 9.17) is 15.2 Å². The third kappa shape index (κ3) is 3.01. The fraction of sp³-hybridized carbons (Fsp3) is 0.364. The van der Waals surface area contributed by atoms with Crippen molar-refractivity contribution in [3.05, 3.63) is 47.8 Å². The van der Waals surface area contributed by atoms with Crippen LogP contribution >= 0.6 is 0 Å². The minimum atomic E-state index is -3.01. The molecule has 0 aliphatic carbocycles. The number of carbonyl (C=O) groups excluding carboxylic acids is 1. The van der Waals surface area contributed by atoms with Gasteiger partial charge >= 0.3 is 6.61 Å². The minimum Gasteiger partial charge on any atom is -0.489 e. The molecule has 3 heterocycles. The van der Waals surface area contributed by atoms with E-state index in [0.717, 1.165) is 0 Å². The maximum absolute atomic E-state index is 15.2. The summed E-state index contributed by atoms with van der Waals surface area (Å²) in [4.78, 5) is 19.3. The monoisotopic (exact) mass is 447 g/mol. The summed E-state index contributed by atoms with van der Waals surface area (Å²) in [5.74, 6) is -1.30. The molecule has 0 saturated carbocycles. The number of nitrogens with zero attached hydrogens (tertiary/aromatic N) is 2. The molecule has 32 heavy (non-hydrogen) atoms. The van der Waals surface area contributed by atoms with Crippen LogP contribution in [0.2, 0.25) is 0 Å². The highest BCUT2D eigenvalue weighted by atomic mass is 19.3. The summed E-state index contributed by atoms with van der Waals surface area (Å²) in [6, 6.07) is 8.38. The molecule has 1 amide bonds. The van der Waals surface area contributed by atoms with Crippen LogP contribution in [0.25, 0.3) is 11.1 Å². The first-order valence-electron chi connectivity index (χ1n) is 10.1. The number of carbonyl (C=O) groups is 1. The molecule has 3 aliphatic rings. The largest absolute Gasteiger partial charge is 0.489 e. The van der Waals surface area contributed by atoms with E-state index in [-0.39, 0.29) is 35.5 Å². The highest BCUT2D eigenvalue weighted by Crippen LogP contribution is 2.52. The summed E-state index contributed by atoms with van der Waals surface area (Å²) in [7, 11) is 1.53. The summed E-state index contributed by atoms with van der Waals surface area (Å²) in [6.45, 7) is -2.33. The third-order valence-electron chi connectivity index (χ3n) is 6.22. The van der Waals surface area contributed by atoms with E-state index < -0.39 is 30.0 Å². The van der Waals surface area contributed by atoms with Gasteiger partial charge in [0.2, 0.25) is 0 Å². The summed E-state index contributed by atoms with van der Waals surface area (Å²) >= 11 is 0. The van der Waals surface area contributed by atoms with Crippen molar-refractivity contribution in [2.45, 2.75) is 24.7 Å². The average molecular weight is 447 g/mol. The molecule has 0 unspecified atom stereocenters. The number of fused-ring (bicyclic) bond motifs is 4. The molecule has 2 N–H and O–H groups in total. The molecule has 2 aromatic rings. The summed E-state index contributed by atoms with van der Waals surface area (Å²) in [5.41, 5.74) is 5.35. The summed E-state index contributed by atoms with van der Waals surface area (Å²) in [6.07, 6.45) is 0.130. The average Bonchev–Trinajstić information content (AvgIpc) is 2.98. The van der Waals surface area contributed by atoms with Gasteiger partial charge in [-0.3, -0.25) is 9.69 Å². The van der Waals surface area contributed by atoms with Crippen LogP contribution in [0.15, 0.2) is 41.4 Å². The quantitative estimate of drug-likeness (QED) is 0.782. The number of hydrogen-bond donors (Lipinski definition) is 1. The SMILES string of the molecule is CN1C(=O)[C@]2(N=C1N)c1cc(-c3cccc(OC(F)F)c3)c(F)cc1O[C@H]1CCOC[C@@H]12. The molecule has 1 saturated heterocycles. The molecule has 7 nitrogen and oxygen atoms in total. The lowest BCUT2D eigenvalue weighted by Crippen LogP contribution is -2.56. The first-order valence-corrected chi connectivity index (χ1v) is 10.1. The highest BCUT2D eigenvalue weighted by molar-refractivity contribution is 6.07. The maximum Gasteiger partial charge on any atom is 0.387 e. The number of alkyl halides is 2. The van der Waals surface area contributed by atoms with Crippen molar-refractivity contribution in [2.24, 2.45) is 16.6 Å². The number of guanidine groups is 1. The minimum absolute atomic E-state index is 0.0466. The zero-order chi connectivity index (χ0) is 22.6. The van der Waals surface area contributed by atoms with E-state index in [9.17, 15) is 13.6 Å². The Kier molecular flexibility index (Phi) is 4.77. The van der Waals surface area contributed by atoms with Crippen LogP contribution in [0.5, 0.6) is 11.5 Å². The second kappa shape index (κ2) is 7.40. The topological polar surface area (TPSA) is 86.4 Å². The number of aliphatic imine (C=N–C) groups is 1. The molecule has 3 atom stereocenters. The number of nitrogens with two attached hydrogens (primary N) is 1. The van der Waals surface area contributed by atoms with Crippen LogP contribution in [0.1, 0.15) is 12.0 Å². The van der Waals surface area contributed by atoms with Gasteiger partial charge in [0.1, 0.15) is 23.4 Å². The number of hydrogen-bond acceptors (Lipinski definition) is 6. The molecule has 1 fully saturated rings. The van der Waals surface area contributed by atoms with E-state index in [1.54, 1.807) is 6.07 Å². The number of rotatable bonds is 3. The summed E-state index contributed by atoms with van der Waals surface area (Å²) < 4.78 is 56.6. The zero-order valence-electron chi connectivity index (χ0n) is 17.1. The van der Waals surface area contributed by atoms with Crippen LogP contribution in [-0.4, -0.2) is 49.7 Å². The Bertz CT molecular complexity index is 1130. The Morgan fingerprint density at radius 1 is 1.31 bits per heavy atom. The fourth-order valence-corrected chi connectivity index (χ4v) is 4.70. The smallest absolute Gasteiger partial charge is 0.387 e. The van der Waals surface area contributed by atoms with Gasteiger partial charge in [-0.2, -0.15) is 8.78 Å². The van der Waals surface area contributed by atoms with E-state index in [1.165, 1.54) is 42.3 Å². The lowest BCUT2D eigenvalue weighted by Gasteiger charge is -2.45. The molecule has 5 rings (SSSR count). The van der Waals surface area contributed by atoms with Crippen molar-refractivity contribution >= 4 is 11.9 Å². The Morgan fingerprint density at radius 2 is 2.12 bits per heavy atom. The first kappa shape index (κ1) is 20.6. The van der Waals surface area contributed by atoms with Crippen molar-refractivity contribution in [1.29, 1.82) is 0 Å². The van der Waals surface area contributed by atoms with Crippen molar-refractivity contribution in [1.82, 2.24) is 4.90 Å². The molecule has 0 aromatic heterocycles. The standard InChI is InChI=1S/C22H20F3N3O4/c1-28-19(29)22(27-21(28)26)14-8-13(11-3-2-4-12(7-11)31-20(24)25)16(23)9-18(14)32-17-5-6-30-10-15(17)22/h2-4,7-9,15,17,20H,5-6,10H2,1H3,(H2,26,27)/t15-,17-,22-/m0/s1. The number of benzene rings is 2. The zero-order valence-corrected chi connectivity index (χ0v) is 17.1. The van der Waals surface area contributed by atoms with Gasteiger partial charge in [-0.25, -0.2) is 9.38 Å². The molecule has 0 radical (unpaired) electrons. The Balaban J connectivity index is 1.69. The maximum atomic E-state index is 15.2. The van der Waals surface area contributed by atoms with Crippen LogP contribution in [-0.2, 0) is 15.1 Å². The van der Waals surface area contributed by atoms with E-state index >= 15 is 4.39 Å². The van der Waals surface area contributed by atoms with Crippen molar-refractivity contribution in [3.63, 3.8) is 0 Å². The van der Waals surface area contributed by atoms with Crippen molar-refractivity contribution in [2.75, 3.05) is 20.3 Å². The van der Waals surface area contributed by atoms with Gasteiger partial charge in [0.15, 0.2) is 11.5 Å². The molecule has 2 aromatic carbocycles. The molecule has 0 bridgehead atoms. The molecule has 168 valence electrons. The lowest BCUT2D eigenvalue weighted by atomic mass is 9.71. The normalized spacial score (nSPS) is 26.6. The second-order valence-electron chi connectivity index (χ2n) is 7.96. The lowest BCUT2D eigenvalue weighted by molar-refractivity contribution is -0.141. The van der Waals surface area contributed by atoms with Crippen LogP contribution in [0.3, 0.4) is 0 Å². The van der Waals surface area contributed by atoms with Gasteiger partial charge in [-0.1, -0.05) is 12.1 Å². The first-order chi connectivity index (χ1) is 15.3. The highest BCUT2D eigenvalue weighted by Gasteiger charge is 2.60. The van der Waals surface area contributed by atoms with Gasteiger partial charge in [-0.05, 0) is 23.8 Å². The molecular formula is C22H20F3N3O4. The second-order valence-corrected chi connectivity index (χ2v) is 7.96. The molecule has 10 heteroatoms. The van der Waals surface area contributed by atoms with E-state index in [1.807, 2.05) is 0 Å². The number of amides is 1. The van der Waals surface area contributed by atoms with Gasteiger partial charge in [-0.15, -0.1) is 0 Å². The summed E-state index contributed by atoms with van der Waals surface area (Å²) in [5, 5.41) is 0. The Morgan fingerprint density at radius 3 is 2.84 bits per heavy atom. The molecule has 3 aliphatic heterocycles.